The van der Waals surface area contributed by atoms with Crippen LogP contribution in [0.5, 0.6) is 5.88 Å². The van der Waals surface area contributed by atoms with Crippen molar-refractivity contribution in [1.82, 2.24) is 14.9 Å². The Morgan fingerprint density at radius 1 is 1.20 bits per heavy atom. The molecule has 1 atom stereocenters. The van der Waals surface area contributed by atoms with Crippen molar-refractivity contribution in [3.8, 4) is 5.88 Å². The van der Waals surface area contributed by atoms with E-state index in [0.29, 0.717) is 24.8 Å². The van der Waals surface area contributed by atoms with Gasteiger partial charge in [0.05, 0.1) is 23.1 Å². The fraction of sp³-hybridized carbons (Fsp3) is 0.500. The highest BCUT2D eigenvalue weighted by atomic mass is 32.2. The van der Waals surface area contributed by atoms with E-state index >= 15 is 0 Å². The Balaban J connectivity index is 1.61. The lowest BCUT2D eigenvalue weighted by atomic mass is 10.1. The van der Waals surface area contributed by atoms with Crippen molar-refractivity contribution in [2.24, 2.45) is 0 Å². The summed E-state index contributed by atoms with van der Waals surface area (Å²) in [6.45, 7) is 8.25. The second-order valence-electron chi connectivity index (χ2n) is 8.03. The van der Waals surface area contributed by atoms with Gasteiger partial charge in [-0.05, 0) is 58.2 Å². The molecule has 0 spiro atoms. The lowest BCUT2D eigenvalue weighted by Crippen LogP contribution is -2.45. The van der Waals surface area contributed by atoms with Crippen LogP contribution in [0.25, 0.3) is 0 Å². The lowest BCUT2D eigenvalue weighted by Gasteiger charge is -2.32. The van der Waals surface area contributed by atoms with Crippen LogP contribution in [0.3, 0.4) is 0 Å². The van der Waals surface area contributed by atoms with Crippen molar-refractivity contribution in [3.63, 3.8) is 0 Å². The minimum Gasteiger partial charge on any atom is -0.472 e. The number of carbonyl (C=O) groups excluding carboxylic acids is 1. The van der Waals surface area contributed by atoms with E-state index in [2.05, 4.69) is 9.97 Å². The van der Waals surface area contributed by atoms with Gasteiger partial charge < -0.3 is 9.64 Å². The van der Waals surface area contributed by atoms with E-state index in [1.165, 1.54) is 0 Å². The number of amides is 1. The van der Waals surface area contributed by atoms with Crippen LogP contribution in [-0.2, 0) is 21.1 Å². The number of sulfone groups is 1. The number of ether oxygens (including phenoxy) is 1. The van der Waals surface area contributed by atoms with E-state index in [1.807, 2.05) is 18.7 Å². The van der Waals surface area contributed by atoms with E-state index < -0.39 is 15.1 Å². The van der Waals surface area contributed by atoms with Gasteiger partial charge >= 0.3 is 0 Å². The molecule has 0 aliphatic carbocycles. The first-order valence-corrected chi connectivity index (χ1v) is 11.8. The summed E-state index contributed by atoms with van der Waals surface area (Å²) >= 11 is 0. The summed E-state index contributed by atoms with van der Waals surface area (Å²) in [5.41, 5.74) is 1.65. The number of aromatic nitrogens is 2. The average Bonchev–Trinajstić information content (AvgIpc) is 2.67. The van der Waals surface area contributed by atoms with Crippen molar-refractivity contribution in [2.75, 3.05) is 13.1 Å². The van der Waals surface area contributed by atoms with Crippen molar-refractivity contribution in [2.45, 2.75) is 63.2 Å². The minimum absolute atomic E-state index is 0.0119. The first-order valence-electron chi connectivity index (χ1n) is 10.2. The van der Waals surface area contributed by atoms with Crippen molar-refractivity contribution < 1.29 is 17.9 Å². The molecule has 1 unspecified atom stereocenters. The van der Waals surface area contributed by atoms with Crippen LogP contribution in [0.4, 0.5) is 0 Å². The monoisotopic (exact) mass is 431 g/mol. The fourth-order valence-corrected chi connectivity index (χ4v) is 4.59. The maximum Gasteiger partial charge on any atom is 0.227 e. The van der Waals surface area contributed by atoms with Crippen LogP contribution < -0.4 is 4.74 Å². The number of aryl methyl sites for hydroxylation is 2. The molecule has 3 rings (SSSR count). The first kappa shape index (κ1) is 22.2. The third-order valence-electron chi connectivity index (χ3n) is 5.19. The molecule has 1 amide bonds. The average molecular weight is 432 g/mol. The highest BCUT2D eigenvalue weighted by Crippen LogP contribution is 2.20. The Labute approximate surface area is 178 Å². The van der Waals surface area contributed by atoms with E-state index in [4.69, 9.17) is 4.74 Å². The Morgan fingerprint density at radius 3 is 2.53 bits per heavy atom. The van der Waals surface area contributed by atoms with Crippen molar-refractivity contribution >= 4 is 15.7 Å². The molecule has 1 aliphatic heterocycles. The standard InChI is InChI=1S/C22H29N3O4S/c1-15(2)30(27,28)20-9-7-18(8-10-20)13-22(26)25-11-5-6-19(14-25)29-21-12-16(3)23-17(4)24-21/h7-10,12,15,19H,5-6,11,13-14H2,1-4H3. The zero-order valence-electron chi connectivity index (χ0n) is 18.0. The van der Waals surface area contributed by atoms with Gasteiger partial charge in [-0.2, -0.15) is 4.98 Å². The van der Waals surface area contributed by atoms with E-state index in [9.17, 15) is 13.2 Å². The van der Waals surface area contributed by atoms with Gasteiger partial charge in [-0.25, -0.2) is 13.4 Å². The molecular formula is C22H29N3O4S. The number of rotatable bonds is 6. The molecule has 1 aromatic carbocycles. The summed E-state index contributed by atoms with van der Waals surface area (Å²) in [6, 6.07) is 8.41. The number of hydrogen-bond acceptors (Lipinski definition) is 6. The lowest BCUT2D eigenvalue weighted by molar-refractivity contribution is -0.133. The molecule has 1 aromatic heterocycles. The maximum absolute atomic E-state index is 12.8. The number of benzene rings is 1. The predicted molar refractivity (Wildman–Crippen MR) is 114 cm³/mol. The smallest absolute Gasteiger partial charge is 0.227 e. The zero-order valence-corrected chi connectivity index (χ0v) is 18.8. The number of likely N-dealkylation sites (tertiary alicyclic amines) is 1. The second kappa shape index (κ2) is 9.12. The predicted octanol–water partition coefficient (Wildman–Crippen LogP) is 2.89. The molecule has 1 saturated heterocycles. The van der Waals surface area contributed by atoms with Crippen LogP contribution in [0.2, 0.25) is 0 Å². The molecule has 2 aromatic rings. The third kappa shape index (κ3) is 5.36. The summed E-state index contributed by atoms with van der Waals surface area (Å²) in [7, 11) is -3.31. The maximum atomic E-state index is 12.8. The van der Waals surface area contributed by atoms with Crippen LogP contribution >= 0.6 is 0 Å². The van der Waals surface area contributed by atoms with Crippen LogP contribution in [0.15, 0.2) is 35.2 Å². The van der Waals surface area contributed by atoms with Gasteiger partial charge in [0.15, 0.2) is 9.84 Å². The van der Waals surface area contributed by atoms with Gasteiger partial charge in [0.25, 0.3) is 0 Å². The van der Waals surface area contributed by atoms with Crippen LogP contribution in [0.1, 0.15) is 43.8 Å². The molecule has 0 saturated carbocycles. The molecule has 1 aliphatic rings. The van der Waals surface area contributed by atoms with Crippen LogP contribution in [0, 0.1) is 13.8 Å². The summed E-state index contributed by atoms with van der Waals surface area (Å²) in [4.78, 5) is 23.5. The minimum atomic E-state index is -3.31. The Morgan fingerprint density at radius 2 is 1.90 bits per heavy atom. The SMILES string of the molecule is Cc1cc(OC2CCCN(C(=O)Cc3ccc(S(=O)(=O)C(C)C)cc3)C2)nc(C)n1. The fourth-order valence-electron chi connectivity index (χ4n) is 3.53. The summed E-state index contributed by atoms with van der Waals surface area (Å²) in [6.07, 6.45) is 1.87. The summed E-state index contributed by atoms with van der Waals surface area (Å²) in [5.74, 6) is 1.22. The molecule has 0 radical (unpaired) electrons. The molecule has 30 heavy (non-hydrogen) atoms. The summed E-state index contributed by atoms with van der Waals surface area (Å²) < 4.78 is 30.5. The Bertz CT molecular complexity index is 983. The van der Waals surface area contributed by atoms with E-state index in [-0.39, 0.29) is 23.3 Å². The van der Waals surface area contributed by atoms with Crippen molar-refractivity contribution in [1.29, 1.82) is 0 Å². The van der Waals surface area contributed by atoms with Gasteiger partial charge in [0.2, 0.25) is 11.8 Å². The van der Waals surface area contributed by atoms with Gasteiger partial charge in [-0.15, -0.1) is 0 Å². The number of hydrogen-bond donors (Lipinski definition) is 0. The number of carbonyl (C=O) groups is 1. The van der Waals surface area contributed by atoms with Gasteiger partial charge in [-0.1, -0.05) is 12.1 Å². The molecule has 0 N–H and O–H groups in total. The van der Waals surface area contributed by atoms with E-state index in [0.717, 1.165) is 24.1 Å². The molecular weight excluding hydrogens is 402 g/mol. The molecule has 0 bridgehead atoms. The molecule has 2 heterocycles. The molecule has 7 nitrogen and oxygen atoms in total. The zero-order chi connectivity index (χ0) is 21.9. The number of piperidine rings is 1. The Kier molecular flexibility index (Phi) is 6.75. The third-order valence-corrected chi connectivity index (χ3v) is 7.36. The normalized spacial score (nSPS) is 17.2. The first-order chi connectivity index (χ1) is 14.1. The molecule has 8 heteroatoms. The molecule has 1 fully saturated rings. The van der Waals surface area contributed by atoms with Gasteiger partial charge in [0.1, 0.15) is 11.9 Å². The summed E-state index contributed by atoms with van der Waals surface area (Å²) in [5, 5.41) is -0.474. The largest absolute Gasteiger partial charge is 0.472 e. The Hall–Kier alpha value is -2.48. The quantitative estimate of drug-likeness (QED) is 0.699. The highest BCUT2D eigenvalue weighted by Gasteiger charge is 2.26. The van der Waals surface area contributed by atoms with E-state index in [1.54, 1.807) is 44.2 Å². The van der Waals surface area contributed by atoms with Gasteiger partial charge in [0, 0.05) is 18.3 Å². The van der Waals surface area contributed by atoms with Crippen LogP contribution in [-0.4, -0.2) is 53.6 Å². The molecule has 162 valence electrons. The number of nitrogens with zero attached hydrogens (tertiary/aromatic N) is 3. The van der Waals surface area contributed by atoms with Crippen molar-refractivity contribution in [3.05, 3.63) is 47.4 Å². The topological polar surface area (TPSA) is 89.5 Å². The second-order valence-corrected chi connectivity index (χ2v) is 10.5. The highest BCUT2D eigenvalue weighted by molar-refractivity contribution is 7.92. The van der Waals surface area contributed by atoms with Gasteiger partial charge in [-0.3, -0.25) is 4.79 Å².